The number of aromatic nitrogens is 1. The number of rotatable bonds is 2. The van der Waals surface area contributed by atoms with Gasteiger partial charge in [-0.2, -0.15) is 0 Å². The van der Waals surface area contributed by atoms with E-state index in [2.05, 4.69) is 18.8 Å². The maximum Gasteiger partial charge on any atom is 0.126 e. The summed E-state index contributed by atoms with van der Waals surface area (Å²) >= 11 is 0. The number of nitrogens with two attached hydrogens (primary N) is 1. The zero-order chi connectivity index (χ0) is 9.14. The number of hydrogen-bond acceptors (Lipinski definition) is 2. The first-order chi connectivity index (χ1) is 5.61. The van der Waals surface area contributed by atoms with Crippen LogP contribution in [0.2, 0.25) is 0 Å². The third-order valence-corrected chi connectivity index (χ3v) is 1.90. The van der Waals surface area contributed by atoms with Gasteiger partial charge in [-0.3, -0.25) is 0 Å². The molecule has 0 bridgehead atoms. The largest absolute Gasteiger partial charge is 0.383 e. The molecule has 0 fully saturated rings. The lowest BCUT2D eigenvalue weighted by atomic mass is 10.00. The van der Waals surface area contributed by atoms with Crippen LogP contribution in [-0.4, -0.2) is 4.98 Å². The van der Waals surface area contributed by atoms with Crippen molar-refractivity contribution < 1.29 is 0 Å². The Morgan fingerprint density at radius 3 is 2.75 bits per heavy atom. The molecule has 1 heterocycles. The molecule has 0 unspecified atom stereocenters. The average Bonchev–Trinajstić information content (AvgIpc) is 1.98. The zero-order valence-electron chi connectivity index (χ0n) is 7.89. The fraction of sp³-hybridized carbons (Fsp3) is 0.400. The zero-order valence-corrected chi connectivity index (χ0v) is 7.89. The number of anilines is 1. The highest BCUT2D eigenvalue weighted by Crippen LogP contribution is 2.16. The Balaban J connectivity index is 2.92. The molecule has 1 rings (SSSR count). The topological polar surface area (TPSA) is 38.9 Å². The molecular weight excluding hydrogens is 148 g/mol. The summed E-state index contributed by atoms with van der Waals surface area (Å²) in [6, 6.07) is 2.03. The Hall–Kier alpha value is -1.05. The van der Waals surface area contributed by atoms with Gasteiger partial charge in [-0.1, -0.05) is 13.8 Å². The molecule has 2 nitrogen and oxygen atoms in total. The van der Waals surface area contributed by atoms with E-state index in [0.29, 0.717) is 5.82 Å². The van der Waals surface area contributed by atoms with E-state index < -0.39 is 0 Å². The van der Waals surface area contributed by atoms with Gasteiger partial charge in [0.25, 0.3) is 0 Å². The lowest BCUT2D eigenvalue weighted by Crippen LogP contribution is -2.00. The van der Waals surface area contributed by atoms with Crippen LogP contribution in [0.25, 0.3) is 0 Å². The van der Waals surface area contributed by atoms with Crippen molar-refractivity contribution in [2.24, 2.45) is 0 Å². The molecule has 0 amide bonds. The Morgan fingerprint density at radius 1 is 1.50 bits per heavy atom. The van der Waals surface area contributed by atoms with Gasteiger partial charge < -0.3 is 5.73 Å². The molecule has 65 valence electrons. The monoisotopic (exact) mass is 163 g/mol. The van der Waals surface area contributed by atoms with E-state index in [-0.39, 0.29) is 0 Å². The minimum atomic E-state index is 0.647. The minimum absolute atomic E-state index is 0.647. The van der Waals surface area contributed by atoms with Crippen molar-refractivity contribution in [3.05, 3.63) is 29.3 Å². The van der Waals surface area contributed by atoms with Gasteiger partial charge in [-0.25, -0.2) is 4.98 Å². The van der Waals surface area contributed by atoms with Crippen molar-refractivity contribution in [3.63, 3.8) is 0 Å². The molecule has 0 aliphatic heterocycles. The van der Waals surface area contributed by atoms with E-state index >= 15 is 0 Å². The molecule has 0 atom stereocenters. The highest BCUT2D eigenvalue weighted by Gasteiger charge is 2.03. The molecule has 1 radical (unpaired) electrons. The first-order valence-electron chi connectivity index (χ1n) is 4.10. The number of pyridine rings is 1. The second-order valence-electron chi connectivity index (χ2n) is 3.36. The Bertz CT molecular complexity index is 267. The van der Waals surface area contributed by atoms with E-state index in [1.807, 2.05) is 13.0 Å². The summed E-state index contributed by atoms with van der Waals surface area (Å²) < 4.78 is 0. The van der Waals surface area contributed by atoms with Crippen LogP contribution in [0.1, 0.15) is 25.0 Å². The van der Waals surface area contributed by atoms with Gasteiger partial charge in [-0.15, -0.1) is 0 Å². The maximum atomic E-state index is 5.68. The molecule has 0 saturated carbocycles. The minimum Gasteiger partial charge on any atom is -0.383 e. The normalized spacial score (nSPS) is 10.7. The molecule has 0 aliphatic rings. The third kappa shape index (κ3) is 1.97. The molecule has 2 N–H and O–H groups in total. The third-order valence-electron chi connectivity index (χ3n) is 1.90. The van der Waals surface area contributed by atoms with Crippen molar-refractivity contribution in [2.45, 2.75) is 27.2 Å². The summed E-state index contributed by atoms with van der Waals surface area (Å²) in [6.07, 6.45) is 2.76. The molecular formula is C10H15N2. The average molecular weight is 163 g/mol. The predicted molar refractivity (Wildman–Crippen MR) is 51.7 cm³/mol. The van der Waals surface area contributed by atoms with Crippen LogP contribution in [0.4, 0.5) is 5.82 Å². The Morgan fingerprint density at radius 2 is 2.17 bits per heavy atom. The molecule has 0 aliphatic carbocycles. The van der Waals surface area contributed by atoms with Gasteiger partial charge in [0.2, 0.25) is 0 Å². The SMILES string of the molecule is C[C](C)Cc1ccnc(N)c1C. The Labute approximate surface area is 73.8 Å². The summed E-state index contributed by atoms with van der Waals surface area (Å²) in [5, 5.41) is 0. The molecule has 2 heteroatoms. The standard InChI is InChI=1S/C10H15N2/c1-7(2)6-9-4-5-12-10(11)8(9)3/h4-5H,6H2,1-3H3,(H2,11,12). The highest BCUT2D eigenvalue weighted by molar-refractivity contribution is 5.43. The van der Waals surface area contributed by atoms with Crippen molar-refractivity contribution in [2.75, 3.05) is 5.73 Å². The predicted octanol–water partition coefficient (Wildman–Crippen LogP) is 2.13. The van der Waals surface area contributed by atoms with E-state index in [0.717, 1.165) is 12.0 Å². The highest BCUT2D eigenvalue weighted by atomic mass is 14.8. The first kappa shape index (κ1) is 9.04. The van der Waals surface area contributed by atoms with Crippen molar-refractivity contribution >= 4 is 5.82 Å². The van der Waals surface area contributed by atoms with Crippen molar-refractivity contribution in [3.8, 4) is 0 Å². The molecule has 0 spiro atoms. The van der Waals surface area contributed by atoms with Crippen LogP contribution in [0.5, 0.6) is 0 Å². The molecule has 0 saturated heterocycles. The quantitative estimate of drug-likeness (QED) is 0.725. The van der Waals surface area contributed by atoms with Crippen LogP contribution in [0, 0.1) is 12.8 Å². The second-order valence-corrected chi connectivity index (χ2v) is 3.36. The van der Waals surface area contributed by atoms with E-state index in [9.17, 15) is 0 Å². The van der Waals surface area contributed by atoms with Crippen LogP contribution in [-0.2, 0) is 6.42 Å². The molecule has 12 heavy (non-hydrogen) atoms. The summed E-state index contributed by atoms with van der Waals surface area (Å²) in [5.74, 6) is 2.04. The molecule has 1 aromatic rings. The van der Waals surface area contributed by atoms with Crippen LogP contribution >= 0.6 is 0 Å². The van der Waals surface area contributed by atoms with Gasteiger partial charge in [0.05, 0.1) is 0 Å². The summed E-state index contributed by atoms with van der Waals surface area (Å²) in [6.45, 7) is 6.26. The summed E-state index contributed by atoms with van der Waals surface area (Å²) in [7, 11) is 0. The fourth-order valence-electron chi connectivity index (χ4n) is 1.17. The number of nitrogens with zero attached hydrogens (tertiary/aromatic N) is 1. The summed E-state index contributed by atoms with van der Waals surface area (Å²) in [4.78, 5) is 4.02. The van der Waals surface area contributed by atoms with Crippen LogP contribution < -0.4 is 5.73 Å². The first-order valence-corrected chi connectivity index (χ1v) is 4.10. The van der Waals surface area contributed by atoms with Crippen LogP contribution in [0.15, 0.2) is 12.3 Å². The second kappa shape index (κ2) is 3.57. The molecule has 0 aromatic carbocycles. The Kier molecular flexibility index (Phi) is 2.69. The fourth-order valence-corrected chi connectivity index (χ4v) is 1.17. The lowest BCUT2D eigenvalue weighted by molar-refractivity contribution is 0.943. The van der Waals surface area contributed by atoms with Crippen LogP contribution in [0.3, 0.4) is 0 Å². The van der Waals surface area contributed by atoms with Gasteiger partial charge in [0, 0.05) is 6.20 Å². The van der Waals surface area contributed by atoms with Gasteiger partial charge >= 0.3 is 0 Å². The maximum absolute atomic E-state index is 5.68. The number of hydrogen-bond donors (Lipinski definition) is 1. The van der Waals surface area contributed by atoms with E-state index in [1.165, 1.54) is 11.5 Å². The van der Waals surface area contributed by atoms with Gasteiger partial charge in [0.1, 0.15) is 5.82 Å². The van der Waals surface area contributed by atoms with E-state index in [4.69, 9.17) is 5.73 Å². The summed E-state index contributed by atoms with van der Waals surface area (Å²) in [5.41, 5.74) is 8.07. The number of nitrogen functional groups attached to an aromatic ring is 1. The van der Waals surface area contributed by atoms with Crippen molar-refractivity contribution in [1.29, 1.82) is 0 Å². The lowest BCUT2D eigenvalue weighted by Gasteiger charge is -2.08. The van der Waals surface area contributed by atoms with Gasteiger partial charge in [0.15, 0.2) is 0 Å². The van der Waals surface area contributed by atoms with E-state index in [1.54, 1.807) is 6.20 Å². The van der Waals surface area contributed by atoms with Gasteiger partial charge in [-0.05, 0) is 36.5 Å². The smallest absolute Gasteiger partial charge is 0.126 e. The molecule has 1 aromatic heterocycles. The van der Waals surface area contributed by atoms with Crippen molar-refractivity contribution in [1.82, 2.24) is 4.98 Å².